The van der Waals surface area contributed by atoms with Crippen LogP contribution in [0.15, 0.2) is 75.4 Å². The van der Waals surface area contributed by atoms with Gasteiger partial charge in [0.1, 0.15) is 0 Å². The fourth-order valence-electron chi connectivity index (χ4n) is 2.61. The van der Waals surface area contributed by atoms with E-state index in [0.717, 1.165) is 27.0 Å². The first-order chi connectivity index (χ1) is 14.4. The van der Waals surface area contributed by atoms with Gasteiger partial charge in [-0.05, 0) is 31.5 Å². The van der Waals surface area contributed by atoms with E-state index >= 15 is 0 Å². The van der Waals surface area contributed by atoms with Crippen LogP contribution in [0.3, 0.4) is 0 Å². The van der Waals surface area contributed by atoms with Crippen molar-refractivity contribution in [1.82, 2.24) is 20.2 Å². The van der Waals surface area contributed by atoms with E-state index in [1.54, 1.807) is 6.21 Å². The third-order valence-electron chi connectivity index (χ3n) is 4.06. The molecule has 2 aromatic carbocycles. The van der Waals surface area contributed by atoms with Crippen molar-refractivity contribution in [2.45, 2.75) is 25.5 Å². The molecule has 30 heavy (non-hydrogen) atoms. The summed E-state index contributed by atoms with van der Waals surface area (Å²) in [5.74, 6) is 0.712. The molecule has 0 spiro atoms. The zero-order chi connectivity index (χ0) is 21.5. The number of halogens is 1. The molecule has 3 rings (SSSR count). The van der Waals surface area contributed by atoms with Crippen molar-refractivity contribution in [3.63, 3.8) is 0 Å². The normalized spacial score (nSPS) is 11.0. The highest BCUT2D eigenvalue weighted by Gasteiger charge is 2.15. The summed E-state index contributed by atoms with van der Waals surface area (Å²) in [7, 11) is 0. The summed E-state index contributed by atoms with van der Waals surface area (Å²) < 4.78 is 2.97. The minimum atomic E-state index is -0.210. The zero-order valence-corrected chi connectivity index (χ0v) is 19.2. The first-order valence-electron chi connectivity index (χ1n) is 9.27. The molecule has 0 bridgehead atoms. The van der Waals surface area contributed by atoms with Gasteiger partial charge in [-0.3, -0.25) is 9.36 Å². The number of nitrogens with one attached hydrogen (secondary N) is 1. The summed E-state index contributed by atoms with van der Waals surface area (Å²) in [4.78, 5) is 12.2. The number of rotatable bonds is 8. The third-order valence-corrected chi connectivity index (χ3v) is 5.56. The number of allylic oxidation sites excluding steroid dienone is 1. The zero-order valence-electron chi connectivity index (χ0n) is 16.8. The highest BCUT2D eigenvalue weighted by atomic mass is 79.9. The van der Waals surface area contributed by atoms with Crippen LogP contribution in [-0.2, 0) is 11.3 Å². The first kappa shape index (κ1) is 22.0. The molecule has 0 saturated carbocycles. The summed E-state index contributed by atoms with van der Waals surface area (Å²) in [6.45, 7) is 8.55. The maximum Gasteiger partial charge on any atom is 0.250 e. The SMILES string of the molecule is C=C(C)Cn1c(SCC(=O)N/N=C\c2ccc(C)cc2)nnc1-c1ccc(Br)cc1. The number of hydrogen-bond donors (Lipinski definition) is 1. The largest absolute Gasteiger partial charge is 0.298 e. The summed E-state index contributed by atoms with van der Waals surface area (Å²) in [5, 5.41) is 13.3. The Morgan fingerprint density at radius 3 is 2.57 bits per heavy atom. The number of aryl methyl sites for hydroxylation is 1. The van der Waals surface area contributed by atoms with Crippen LogP contribution in [0.25, 0.3) is 11.4 Å². The molecule has 3 aromatic rings. The number of amides is 1. The smallest absolute Gasteiger partial charge is 0.250 e. The van der Waals surface area contributed by atoms with E-state index in [2.05, 4.69) is 43.2 Å². The number of nitrogens with zero attached hydrogens (tertiary/aromatic N) is 4. The number of thioether (sulfide) groups is 1. The second kappa shape index (κ2) is 10.4. The standard InChI is InChI=1S/C22H22BrN5OS/c1-15(2)13-28-21(18-8-10-19(23)11-9-18)26-27-22(28)30-14-20(29)25-24-12-17-6-4-16(3)5-7-17/h4-12H,1,13-14H2,2-3H3,(H,25,29)/b24-12-. The molecule has 0 atom stereocenters. The molecule has 6 nitrogen and oxygen atoms in total. The molecule has 1 aromatic heterocycles. The molecule has 0 radical (unpaired) electrons. The van der Waals surface area contributed by atoms with Crippen molar-refractivity contribution in [3.8, 4) is 11.4 Å². The fourth-order valence-corrected chi connectivity index (χ4v) is 3.61. The van der Waals surface area contributed by atoms with E-state index in [1.165, 1.54) is 17.3 Å². The highest BCUT2D eigenvalue weighted by molar-refractivity contribution is 9.10. The Morgan fingerprint density at radius 1 is 1.20 bits per heavy atom. The summed E-state index contributed by atoms with van der Waals surface area (Å²) in [5.41, 5.74) is 6.57. The van der Waals surface area contributed by atoms with E-state index in [1.807, 2.05) is 66.9 Å². The van der Waals surface area contributed by atoms with Gasteiger partial charge >= 0.3 is 0 Å². The van der Waals surface area contributed by atoms with Crippen LogP contribution in [0.5, 0.6) is 0 Å². The predicted octanol–water partition coefficient (Wildman–Crippen LogP) is 4.83. The van der Waals surface area contributed by atoms with Crippen LogP contribution in [0.2, 0.25) is 0 Å². The predicted molar refractivity (Wildman–Crippen MR) is 126 cm³/mol. The lowest BCUT2D eigenvalue weighted by molar-refractivity contribution is -0.118. The lowest BCUT2D eigenvalue weighted by Crippen LogP contribution is -2.20. The third kappa shape index (κ3) is 6.14. The van der Waals surface area contributed by atoms with Gasteiger partial charge in [0, 0.05) is 16.6 Å². The van der Waals surface area contributed by atoms with Crippen LogP contribution in [0.4, 0.5) is 0 Å². The Kier molecular flexibility index (Phi) is 7.59. The average molecular weight is 484 g/mol. The van der Waals surface area contributed by atoms with E-state index < -0.39 is 0 Å². The van der Waals surface area contributed by atoms with Gasteiger partial charge in [0.25, 0.3) is 5.91 Å². The number of hydrazone groups is 1. The Morgan fingerprint density at radius 2 is 1.90 bits per heavy atom. The van der Waals surface area contributed by atoms with Crippen molar-refractivity contribution in [2.24, 2.45) is 5.10 Å². The highest BCUT2D eigenvalue weighted by Crippen LogP contribution is 2.26. The minimum Gasteiger partial charge on any atom is -0.298 e. The summed E-state index contributed by atoms with van der Waals surface area (Å²) >= 11 is 4.76. The fraction of sp³-hybridized carbons (Fsp3) is 0.182. The van der Waals surface area contributed by atoms with Gasteiger partial charge in [-0.15, -0.1) is 10.2 Å². The second-order valence-electron chi connectivity index (χ2n) is 6.85. The number of carbonyl (C=O) groups is 1. The van der Waals surface area contributed by atoms with Crippen LogP contribution < -0.4 is 5.43 Å². The average Bonchev–Trinajstić information content (AvgIpc) is 3.10. The number of hydrogen-bond acceptors (Lipinski definition) is 5. The molecular weight excluding hydrogens is 462 g/mol. The Hall–Kier alpha value is -2.71. The minimum absolute atomic E-state index is 0.180. The molecule has 0 unspecified atom stereocenters. The van der Waals surface area contributed by atoms with E-state index in [9.17, 15) is 4.79 Å². The Labute approximate surface area is 188 Å². The van der Waals surface area contributed by atoms with Crippen LogP contribution >= 0.6 is 27.7 Å². The van der Waals surface area contributed by atoms with Crippen LogP contribution in [0.1, 0.15) is 18.1 Å². The molecule has 8 heteroatoms. The van der Waals surface area contributed by atoms with Gasteiger partial charge in [-0.1, -0.05) is 81.8 Å². The van der Waals surface area contributed by atoms with Crippen LogP contribution in [-0.4, -0.2) is 32.6 Å². The first-order valence-corrected chi connectivity index (χ1v) is 11.0. The van der Waals surface area contributed by atoms with Gasteiger partial charge < -0.3 is 0 Å². The van der Waals surface area contributed by atoms with Crippen molar-refractivity contribution in [1.29, 1.82) is 0 Å². The Balaban J connectivity index is 1.65. The van der Waals surface area contributed by atoms with Crippen molar-refractivity contribution in [2.75, 3.05) is 5.75 Å². The van der Waals surface area contributed by atoms with Crippen molar-refractivity contribution < 1.29 is 4.79 Å². The number of carbonyl (C=O) groups excluding carboxylic acids is 1. The van der Waals surface area contributed by atoms with Gasteiger partial charge in [-0.2, -0.15) is 5.10 Å². The molecular formula is C22H22BrN5OS. The maximum absolute atomic E-state index is 12.2. The van der Waals surface area contributed by atoms with Gasteiger partial charge in [0.2, 0.25) is 0 Å². The summed E-state index contributed by atoms with van der Waals surface area (Å²) in [6.07, 6.45) is 1.62. The van der Waals surface area contributed by atoms with Gasteiger partial charge in [0.05, 0.1) is 12.0 Å². The second-order valence-corrected chi connectivity index (χ2v) is 8.71. The molecule has 1 N–H and O–H groups in total. The van der Waals surface area contributed by atoms with E-state index in [0.29, 0.717) is 11.7 Å². The molecule has 0 saturated heterocycles. The molecule has 1 heterocycles. The molecule has 0 aliphatic rings. The Bertz CT molecular complexity index is 1060. The topological polar surface area (TPSA) is 72.2 Å². The number of aromatic nitrogens is 3. The molecule has 0 fully saturated rings. The lowest BCUT2D eigenvalue weighted by Gasteiger charge is -2.10. The molecule has 154 valence electrons. The molecule has 0 aliphatic carbocycles. The number of benzene rings is 2. The lowest BCUT2D eigenvalue weighted by atomic mass is 10.2. The molecule has 1 amide bonds. The van der Waals surface area contributed by atoms with Crippen molar-refractivity contribution >= 4 is 39.8 Å². The summed E-state index contributed by atoms with van der Waals surface area (Å²) in [6, 6.07) is 15.8. The van der Waals surface area contributed by atoms with E-state index in [-0.39, 0.29) is 11.7 Å². The monoisotopic (exact) mass is 483 g/mol. The van der Waals surface area contributed by atoms with Crippen LogP contribution in [0, 0.1) is 6.92 Å². The maximum atomic E-state index is 12.2. The van der Waals surface area contributed by atoms with E-state index in [4.69, 9.17) is 0 Å². The van der Waals surface area contributed by atoms with Gasteiger partial charge in [0.15, 0.2) is 11.0 Å². The van der Waals surface area contributed by atoms with Crippen molar-refractivity contribution in [3.05, 3.63) is 76.3 Å². The molecule has 0 aliphatic heterocycles. The van der Waals surface area contributed by atoms with Gasteiger partial charge in [-0.25, -0.2) is 5.43 Å². The quantitative estimate of drug-likeness (QED) is 0.215.